The Morgan fingerprint density at radius 2 is 0.545 bits per heavy atom. The molecule has 0 saturated carbocycles. The summed E-state index contributed by atoms with van der Waals surface area (Å²) in [5, 5.41) is 5.77. The predicted molar refractivity (Wildman–Crippen MR) is 192 cm³/mol. The second-order valence-electron chi connectivity index (χ2n) is 11.3. The Morgan fingerprint density at radius 3 is 0.932 bits per heavy atom. The number of hydrogen-bond donors (Lipinski definition) is 0. The molecule has 0 N–H and O–H groups in total. The van der Waals surface area contributed by atoms with Gasteiger partial charge in [-0.1, -0.05) is 0 Å². The van der Waals surface area contributed by atoms with Gasteiger partial charge in [0.05, 0.1) is 0 Å². The van der Waals surface area contributed by atoms with Crippen molar-refractivity contribution in [3.8, 4) is 44.5 Å². The fraction of sp³-hybridized carbons (Fsp3) is 0. The standard InChI is InChI=1S/C42H26Se2/c1-3-7-27(8-4-1)29-11-15-31(16-12-29)33-19-21-35-37-23-24-38-36-22-20-34(26-40(36)44-42(38)41(37)43-39(35)25-33)32-17-13-30(14-18-32)28-9-5-2-6-10-28/h1-26H. The summed E-state index contributed by atoms with van der Waals surface area (Å²) in [6.07, 6.45) is 0. The minimum absolute atomic E-state index is 0.315. The molecule has 0 amide bonds. The second-order valence-corrected chi connectivity index (χ2v) is 15.7. The van der Waals surface area contributed by atoms with E-state index in [0.29, 0.717) is 29.0 Å². The van der Waals surface area contributed by atoms with Gasteiger partial charge in [0, 0.05) is 0 Å². The van der Waals surface area contributed by atoms with Crippen LogP contribution in [0, 0.1) is 0 Å². The topological polar surface area (TPSA) is 0 Å². The molecule has 0 atom stereocenters. The Balaban J connectivity index is 1.09. The normalized spacial score (nSPS) is 11.6. The third-order valence-corrected chi connectivity index (χ3v) is 14.4. The molecule has 0 aliphatic heterocycles. The van der Waals surface area contributed by atoms with Crippen molar-refractivity contribution >= 4 is 67.6 Å². The third kappa shape index (κ3) is 4.43. The van der Waals surface area contributed by atoms with Crippen LogP contribution in [0.25, 0.3) is 83.1 Å². The quantitative estimate of drug-likeness (QED) is 0.162. The molecule has 0 unspecified atom stereocenters. The Morgan fingerprint density at radius 1 is 0.250 bits per heavy atom. The summed E-state index contributed by atoms with van der Waals surface area (Å²) in [6.45, 7) is 0. The van der Waals surface area contributed by atoms with Gasteiger partial charge in [0.1, 0.15) is 0 Å². The van der Waals surface area contributed by atoms with Crippen molar-refractivity contribution in [2.24, 2.45) is 0 Å². The van der Waals surface area contributed by atoms with Crippen molar-refractivity contribution < 1.29 is 0 Å². The van der Waals surface area contributed by atoms with Crippen LogP contribution in [0.4, 0.5) is 0 Å². The van der Waals surface area contributed by atoms with E-state index < -0.39 is 0 Å². The van der Waals surface area contributed by atoms with Gasteiger partial charge in [0.25, 0.3) is 0 Å². The molecule has 9 rings (SSSR count). The Kier molecular flexibility index (Phi) is 6.29. The molecule has 0 bridgehead atoms. The van der Waals surface area contributed by atoms with Crippen LogP contribution >= 0.6 is 0 Å². The van der Waals surface area contributed by atoms with Crippen molar-refractivity contribution in [3.63, 3.8) is 0 Å². The fourth-order valence-electron chi connectivity index (χ4n) is 6.40. The molecule has 0 aliphatic rings. The van der Waals surface area contributed by atoms with E-state index >= 15 is 0 Å². The van der Waals surface area contributed by atoms with E-state index in [1.807, 2.05) is 0 Å². The van der Waals surface area contributed by atoms with E-state index in [2.05, 4.69) is 158 Å². The van der Waals surface area contributed by atoms with Crippen LogP contribution < -0.4 is 0 Å². The Bertz CT molecular complexity index is 2270. The molecule has 0 saturated heterocycles. The second kappa shape index (κ2) is 10.6. The average molecular weight is 689 g/mol. The van der Waals surface area contributed by atoms with Crippen molar-refractivity contribution in [2.75, 3.05) is 0 Å². The van der Waals surface area contributed by atoms with Gasteiger partial charge in [0.15, 0.2) is 0 Å². The minimum atomic E-state index is 0.315. The zero-order valence-electron chi connectivity index (χ0n) is 23.8. The van der Waals surface area contributed by atoms with Crippen LogP contribution in [0.2, 0.25) is 0 Å². The summed E-state index contributed by atoms with van der Waals surface area (Å²) in [5.74, 6) is 0. The van der Waals surface area contributed by atoms with Crippen LogP contribution in [0.1, 0.15) is 0 Å². The van der Waals surface area contributed by atoms with Crippen molar-refractivity contribution in [1.29, 1.82) is 0 Å². The molecular weight excluding hydrogens is 662 g/mol. The van der Waals surface area contributed by atoms with Gasteiger partial charge in [-0.2, -0.15) is 0 Å². The van der Waals surface area contributed by atoms with E-state index in [1.165, 1.54) is 74.6 Å². The molecule has 7 aromatic carbocycles. The van der Waals surface area contributed by atoms with Gasteiger partial charge in [-0.3, -0.25) is 0 Å². The molecule has 0 nitrogen and oxygen atoms in total. The maximum absolute atomic E-state index is 2.45. The number of fused-ring (bicyclic) bond motifs is 7. The van der Waals surface area contributed by atoms with E-state index in [1.54, 1.807) is 8.52 Å². The first-order valence-corrected chi connectivity index (χ1v) is 18.3. The third-order valence-electron chi connectivity index (χ3n) is 8.73. The van der Waals surface area contributed by atoms with Crippen molar-refractivity contribution in [1.82, 2.24) is 0 Å². The van der Waals surface area contributed by atoms with Crippen LogP contribution in [-0.4, -0.2) is 29.0 Å². The molecule has 2 aromatic heterocycles. The summed E-state index contributed by atoms with van der Waals surface area (Å²) >= 11 is 0.631. The van der Waals surface area contributed by atoms with Crippen LogP contribution in [0.5, 0.6) is 0 Å². The fourth-order valence-corrected chi connectivity index (χ4v) is 12.3. The van der Waals surface area contributed by atoms with Gasteiger partial charge >= 0.3 is 270 Å². The van der Waals surface area contributed by atoms with Crippen LogP contribution in [-0.2, 0) is 0 Å². The SMILES string of the molecule is c1ccc(-c2ccc(-c3ccc4c(c3)[se]c3c4ccc4c5ccc(-c6ccc(-c7ccccc7)cc6)cc5[se]c43)cc2)cc1. The monoisotopic (exact) mass is 690 g/mol. The van der Waals surface area contributed by atoms with Gasteiger partial charge in [-0.25, -0.2) is 0 Å². The van der Waals surface area contributed by atoms with Crippen molar-refractivity contribution in [3.05, 3.63) is 158 Å². The summed E-state index contributed by atoms with van der Waals surface area (Å²) in [7, 11) is 0. The van der Waals surface area contributed by atoms with Gasteiger partial charge in [-0.05, 0) is 0 Å². The van der Waals surface area contributed by atoms with Crippen LogP contribution in [0.3, 0.4) is 0 Å². The zero-order chi connectivity index (χ0) is 29.0. The molecule has 2 heterocycles. The average Bonchev–Trinajstić information content (AvgIpc) is 3.67. The van der Waals surface area contributed by atoms with Crippen molar-refractivity contribution in [2.45, 2.75) is 0 Å². The number of benzene rings is 7. The summed E-state index contributed by atoms with van der Waals surface area (Å²) in [5.41, 5.74) is 10.2. The van der Waals surface area contributed by atoms with E-state index in [-0.39, 0.29) is 0 Å². The predicted octanol–water partition coefficient (Wildman–Crippen LogP) is 11.1. The Hall–Kier alpha value is -4.42. The van der Waals surface area contributed by atoms with E-state index in [4.69, 9.17) is 0 Å². The summed E-state index contributed by atoms with van der Waals surface area (Å²) in [4.78, 5) is 0. The van der Waals surface area contributed by atoms with Gasteiger partial charge in [0.2, 0.25) is 0 Å². The molecular formula is C42H26Se2. The summed E-state index contributed by atoms with van der Waals surface area (Å²) < 4.78 is 6.23. The van der Waals surface area contributed by atoms with Gasteiger partial charge in [-0.15, -0.1) is 0 Å². The Labute approximate surface area is 268 Å². The summed E-state index contributed by atoms with van der Waals surface area (Å²) in [6, 6.07) is 58.3. The first-order valence-electron chi connectivity index (χ1n) is 14.9. The first-order chi connectivity index (χ1) is 21.8. The molecule has 0 radical (unpaired) electrons. The van der Waals surface area contributed by atoms with E-state index in [0.717, 1.165) is 0 Å². The molecule has 0 spiro atoms. The molecule has 0 aliphatic carbocycles. The molecule has 0 fully saturated rings. The maximum atomic E-state index is 2.45. The molecule has 44 heavy (non-hydrogen) atoms. The zero-order valence-corrected chi connectivity index (χ0v) is 27.3. The first kappa shape index (κ1) is 26.0. The van der Waals surface area contributed by atoms with E-state index in [9.17, 15) is 0 Å². The molecule has 206 valence electrons. The van der Waals surface area contributed by atoms with Crippen LogP contribution in [0.15, 0.2) is 158 Å². The molecule has 2 heteroatoms. The molecule has 9 aromatic rings. The number of rotatable bonds is 4. The number of hydrogen-bond acceptors (Lipinski definition) is 0. The van der Waals surface area contributed by atoms with Gasteiger partial charge < -0.3 is 0 Å².